The quantitative estimate of drug-likeness (QED) is 0.224. The van der Waals surface area contributed by atoms with Crippen molar-refractivity contribution in [3.63, 3.8) is 0 Å². The zero-order valence-corrected chi connectivity index (χ0v) is 22.6. The Morgan fingerprint density at radius 2 is 2.08 bits per heavy atom. The number of fused-ring (bicyclic) bond motifs is 1. The Labute approximate surface area is 228 Å². The molecule has 1 fully saturated rings. The molecule has 2 N–H and O–H groups in total. The number of rotatable bonds is 13. The monoisotopic (exact) mass is 539 g/mol. The summed E-state index contributed by atoms with van der Waals surface area (Å²) in [5, 5.41) is 29.1. The van der Waals surface area contributed by atoms with E-state index in [0.29, 0.717) is 68.7 Å². The summed E-state index contributed by atoms with van der Waals surface area (Å²) < 4.78 is 6.40. The highest BCUT2D eigenvalue weighted by atomic mass is 16.5. The summed E-state index contributed by atoms with van der Waals surface area (Å²) in [6, 6.07) is 5.40. The Kier molecular flexibility index (Phi) is 9.13. The van der Waals surface area contributed by atoms with E-state index in [2.05, 4.69) is 10.3 Å². The molecule has 2 amide bonds. The summed E-state index contributed by atoms with van der Waals surface area (Å²) in [6.07, 6.45) is 9.25. The number of carbonyl (C=O) groups is 3. The maximum atomic E-state index is 13.8. The highest BCUT2D eigenvalue weighted by molar-refractivity contribution is 6.08. The first-order valence-electron chi connectivity index (χ1n) is 13.5. The Morgan fingerprint density at radius 1 is 1.26 bits per heavy atom. The van der Waals surface area contributed by atoms with Crippen LogP contribution in [0.5, 0.6) is 0 Å². The van der Waals surface area contributed by atoms with E-state index in [1.54, 1.807) is 39.7 Å². The van der Waals surface area contributed by atoms with Crippen molar-refractivity contribution in [3.8, 4) is 0 Å². The Balaban J connectivity index is 1.53. The highest BCUT2D eigenvalue weighted by Crippen LogP contribution is 2.47. The van der Waals surface area contributed by atoms with Crippen LogP contribution in [0.4, 0.5) is 11.4 Å². The first kappa shape index (κ1) is 28.4. The van der Waals surface area contributed by atoms with E-state index in [0.717, 1.165) is 12.1 Å². The lowest BCUT2D eigenvalue weighted by molar-refractivity contribution is -0.140. The largest absolute Gasteiger partial charge is 0.469 e. The number of hydrogen-bond acceptors (Lipinski definition) is 8. The molecule has 39 heavy (non-hydrogen) atoms. The predicted octanol–water partition coefficient (Wildman–Crippen LogP) is 2.10. The molecule has 0 aliphatic carbocycles. The van der Waals surface area contributed by atoms with Gasteiger partial charge in [0.15, 0.2) is 5.60 Å². The molecule has 1 aromatic carbocycles. The summed E-state index contributed by atoms with van der Waals surface area (Å²) in [4.78, 5) is 40.9. The zero-order valence-electron chi connectivity index (χ0n) is 22.6. The van der Waals surface area contributed by atoms with Crippen molar-refractivity contribution in [3.05, 3.63) is 47.8 Å². The van der Waals surface area contributed by atoms with Crippen LogP contribution in [0.2, 0.25) is 0 Å². The Hall–Kier alpha value is -3.57. The van der Waals surface area contributed by atoms with Crippen LogP contribution >= 0.6 is 0 Å². The van der Waals surface area contributed by atoms with Gasteiger partial charge in [0.1, 0.15) is 0 Å². The van der Waals surface area contributed by atoms with Gasteiger partial charge in [0, 0.05) is 68.9 Å². The highest BCUT2D eigenvalue weighted by Gasteiger charge is 2.52. The minimum atomic E-state index is -1.80. The molecule has 11 heteroatoms. The van der Waals surface area contributed by atoms with Crippen molar-refractivity contribution >= 4 is 29.2 Å². The summed E-state index contributed by atoms with van der Waals surface area (Å²) in [5.41, 5.74) is 0.705. The van der Waals surface area contributed by atoms with Crippen molar-refractivity contribution in [2.75, 3.05) is 36.6 Å². The topological polar surface area (TPSA) is 138 Å². The van der Waals surface area contributed by atoms with Gasteiger partial charge in [0.2, 0.25) is 5.91 Å². The second kappa shape index (κ2) is 12.5. The fourth-order valence-electron chi connectivity index (χ4n) is 5.21. The fraction of sp³-hybridized carbons (Fsp3) is 0.536. The minimum Gasteiger partial charge on any atom is -0.469 e. The number of esters is 1. The van der Waals surface area contributed by atoms with E-state index in [4.69, 9.17) is 9.84 Å². The first-order chi connectivity index (χ1) is 18.8. The average Bonchev–Trinajstić information content (AvgIpc) is 3.63. The van der Waals surface area contributed by atoms with Crippen LogP contribution in [0.1, 0.15) is 56.7 Å². The number of aliphatic hydroxyl groups excluding tert-OH is 1. The van der Waals surface area contributed by atoms with Gasteiger partial charge >= 0.3 is 5.97 Å². The van der Waals surface area contributed by atoms with Gasteiger partial charge in [-0.3, -0.25) is 19.1 Å². The van der Waals surface area contributed by atoms with Crippen LogP contribution in [-0.2, 0) is 37.7 Å². The number of aromatic nitrogens is 3. The molecule has 2 atom stereocenters. The standard InChI is InChI=1S/C28H37N5O6/c1-20(8-3-5-14-31-19-21(13-17-34)29-30-31)28(38)23-18-22(32-16-7-9-25(32)35)11-12-24(23)33(27(28)37)15-6-4-10-26(36)39-2/h3,8,11-12,18-20,34,38H,4-7,9-10,13-17H2,1-2H3/b8-3+/t20-,28+/m0/s1. The molecule has 1 saturated heterocycles. The molecule has 0 saturated carbocycles. The molecule has 2 aliphatic heterocycles. The molecule has 3 heterocycles. The van der Waals surface area contributed by atoms with E-state index < -0.39 is 17.4 Å². The van der Waals surface area contributed by atoms with Crippen molar-refractivity contribution in [1.82, 2.24) is 15.0 Å². The molecule has 0 bridgehead atoms. The number of nitrogens with zero attached hydrogens (tertiary/aromatic N) is 5. The smallest absolute Gasteiger partial charge is 0.305 e. The predicted molar refractivity (Wildman–Crippen MR) is 144 cm³/mol. The molecule has 1 aromatic heterocycles. The van der Waals surface area contributed by atoms with Gasteiger partial charge in [-0.2, -0.15) is 0 Å². The maximum Gasteiger partial charge on any atom is 0.305 e. The van der Waals surface area contributed by atoms with Crippen molar-refractivity contribution in [2.45, 2.75) is 64.0 Å². The van der Waals surface area contributed by atoms with Gasteiger partial charge in [-0.25, -0.2) is 0 Å². The number of unbranched alkanes of at least 4 members (excludes halogenated alkanes) is 1. The average molecular weight is 540 g/mol. The molecule has 0 radical (unpaired) electrons. The third kappa shape index (κ3) is 6.04. The molecular formula is C28H37N5O6. The lowest BCUT2D eigenvalue weighted by Crippen LogP contribution is -2.44. The minimum absolute atomic E-state index is 0.0140. The van der Waals surface area contributed by atoms with Crippen molar-refractivity contribution in [1.29, 1.82) is 0 Å². The third-order valence-corrected chi connectivity index (χ3v) is 7.44. The molecule has 210 valence electrons. The van der Waals surface area contributed by atoms with Gasteiger partial charge in [-0.05, 0) is 43.9 Å². The lowest BCUT2D eigenvalue weighted by Gasteiger charge is -2.28. The van der Waals surface area contributed by atoms with E-state index in [9.17, 15) is 19.5 Å². The zero-order chi connectivity index (χ0) is 28.0. The first-order valence-corrected chi connectivity index (χ1v) is 13.5. The van der Waals surface area contributed by atoms with Crippen molar-refractivity contribution in [2.24, 2.45) is 5.92 Å². The van der Waals surface area contributed by atoms with Crippen LogP contribution in [0, 0.1) is 5.92 Å². The number of aryl methyl sites for hydroxylation is 1. The third-order valence-electron chi connectivity index (χ3n) is 7.44. The van der Waals surface area contributed by atoms with Gasteiger partial charge in [-0.15, -0.1) is 5.10 Å². The van der Waals surface area contributed by atoms with E-state index >= 15 is 0 Å². The number of aliphatic hydroxyl groups is 2. The van der Waals surface area contributed by atoms with Gasteiger partial charge in [0.25, 0.3) is 5.91 Å². The SMILES string of the molecule is COC(=O)CCCCN1C(=O)[C@@](O)([C@@H](C)/C=C/CCn2cc(CCO)nn2)c2cc(N3CCCC3=O)ccc21. The van der Waals surface area contributed by atoms with Crippen LogP contribution in [0.25, 0.3) is 0 Å². The number of amides is 2. The van der Waals surface area contributed by atoms with Crippen LogP contribution in [0.15, 0.2) is 36.5 Å². The summed E-state index contributed by atoms with van der Waals surface area (Å²) in [5.74, 6) is -1.23. The Morgan fingerprint density at radius 3 is 2.79 bits per heavy atom. The lowest BCUT2D eigenvalue weighted by atomic mass is 9.82. The molecule has 4 rings (SSSR count). The normalized spacial score (nSPS) is 19.8. The number of ether oxygens (including phenoxy) is 1. The number of benzene rings is 1. The second-order valence-corrected chi connectivity index (χ2v) is 10.1. The molecule has 0 unspecified atom stereocenters. The van der Waals surface area contributed by atoms with Crippen LogP contribution < -0.4 is 9.80 Å². The molecule has 11 nitrogen and oxygen atoms in total. The molecule has 2 aliphatic rings. The number of carbonyl (C=O) groups excluding carboxylic acids is 3. The Bertz CT molecular complexity index is 1230. The fourth-order valence-corrected chi connectivity index (χ4v) is 5.21. The number of anilines is 2. The summed E-state index contributed by atoms with van der Waals surface area (Å²) in [7, 11) is 1.35. The van der Waals surface area contributed by atoms with Crippen LogP contribution in [0.3, 0.4) is 0 Å². The second-order valence-electron chi connectivity index (χ2n) is 10.1. The molecular weight excluding hydrogens is 502 g/mol. The number of methoxy groups -OCH3 is 1. The summed E-state index contributed by atoms with van der Waals surface area (Å²) in [6.45, 7) is 3.35. The summed E-state index contributed by atoms with van der Waals surface area (Å²) >= 11 is 0. The number of allylic oxidation sites excluding steroid dienone is 1. The van der Waals surface area contributed by atoms with Crippen LogP contribution in [-0.4, -0.2) is 69.8 Å². The van der Waals surface area contributed by atoms with E-state index in [1.807, 2.05) is 18.2 Å². The van der Waals surface area contributed by atoms with E-state index in [1.165, 1.54) is 7.11 Å². The molecule has 2 aromatic rings. The maximum absolute atomic E-state index is 13.8. The van der Waals surface area contributed by atoms with Gasteiger partial charge in [-0.1, -0.05) is 24.3 Å². The number of hydrogen-bond donors (Lipinski definition) is 2. The molecule has 0 spiro atoms. The van der Waals surface area contributed by atoms with Gasteiger partial charge < -0.3 is 24.7 Å². The van der Waals surface area contributed by atoms with Gasteiger partial charge in [0.05, 0.1) is 18.5 Å². The van der Waals surface area contributed by atoms with E-state index in [-0.39, 0.29) is 24.9 Å². The van der Waals surface area contributed by atoms with Crippen molar-refractivity contribution < 1.29 is 29.3 Å².